The number of nitrogens with zero attached hydrogens (tertiary/aromatic N) is 1. The van der Waals surface area contributed by atoms with Crippen LogP contribution in [0.3, 0.4) is 0 Å². The molecule has 1 saturated heterocycles. The Kier molecular flexibility index (Phi) is 6.33. The van der Waals surface area contributed by atoms with Crippen LogP contribution in [-0.2, 0) is 17.4 Å². The Bertz CT molecular complexity index is 1280. The number of rotatable bonds is 6. The summed E-state index contributed by atoms with van der Waals surface area (Å²) in [4.78, 5) is 14.0. The molecule has 0 bridgehead atoms. The van der Waals surface area contributed by atoms with Crippen LogP contribution in [0.25, 0.3) is 0 Å². The third-order valence-corrected chi connectivity index (χ3v) is 10.1. The van der Waals surface area contributed by atoms with Crippen LogP contribution in [0.1, 0.15) is 92.1 Å². The SMILES string of the molecule is Cc1ccc(C(F)(F)F)c([C@H](C)N2CCC3(C2)CC2(CCc4ccc([C@H](C5CC5)[C@H](C)C(=O)O)cc4O2)C3)c1. The van der Waals surface area contributed by atoms with Crippen LogP contribution >= 0.6 is 0 Å². The Labute approximate surface area is 228 Å². The minimum atomic E-state index is -4.36. The van der Waals surface area contributed by atoms with Gasteiger partial charge in [-0.15, -0.1) is 0 Å². The van der Waals surface area contributed by atoms with Crippen LogP contribution in [0, 0.1) is 24.2 Å². The topological polar surface area (TPSA) is 49.8 Å². The van der Waals surface area contributed by atoms with Gasteiger partial charge in [-0.3, -0.25) is 9.69 Å². The highest BCUT2D eigenvalue weighted by Crippen LogP contribution is 2.60. The molecule has 4 aliphatic rings. The normalized spacial score (nSPS) is 29.0. The van der Waals surface area contributed by atoms with Gasteiger partial charge >= 0.3 is 12.1 Å². The van der Waals surface area contributed by atoms with Gasteiger partial charge in [0, 0.05) is 12.6 Å². The highest BCUT2D eigenvalue weighted by Gasteiger charge is 2.59. The molecule has 7 heteroatoms. The molecule has 2 aliphatic carbocycles. The van der Waals surface area contributed by atoms with E-state index in [2.05, 4.69) is 23.1 Å². The predicted molar refractivity (Wildman–Crippen MR) is 143 cm³/mol. The standard InChI is InChI=1S/C32H38F3NO3/c1-19-4-9-26(32(33,34)35)25(14-19)21(3)36-13-12-30(18-36)16-31(17-30)11-10-22-5-8-24(15-27(22)39-31)28(23-6-7-23)20(2)29(37)38/h4-5,8-9,14-15,20-21,23,28H,6-7,10-13,16-18H2,1-3H3,(H,37,38)/t20-,21-,28-,30?,31?/m0/s1. The number of fused-ring (bicyclic) bond motifs is 1. The van der Waals surface area contributed by atoms with Crippen molar-refractivity contribution < 1.29 is 27.8 Å². The Morgan fingerprint density at radius 3 is 2.51 bits per heavy atom. The molecule has 2 spiro atoms. The van der Waals surface area contributed by atoms with E-state index in [0.717, 1.165) is 74.9 Å². The lowest BCUT2D eigenvalue weighted by atomic mass is 9.56. The largest absolute Gasteiger partial charge is 0.487 e. The lowest BCUT2D eigenvalue weighted by molar-refractivity contribution is -0.142. The molecule has 1 N–H and O–H groups in total. The maximum absolute atomic E-state index is 13.8. The predicted octanol–water partition coefficient (Wildman–Crippen LogP) is 7.54. The fourth-order valence-electron chi connectivity index (χ4n) is 7.94. The zero-order valence-corrected chi connectivity index (χ0v) is 23.0. The van der Waals surface area contributed by atoms with Gasteiger partial charge in [-0.2, -0.15) is 13.2 Å². The van der Waals surface area contributed by atoms with E-state index in [9.17, 15) is 23.1 Å². The van der Waals surface area contributed by atoms with Crippen LogP contribution < -0.4 is 4.74 Å². The molecule has 2 aromatic rings. The molecular formula is C32H38F3NO3. The number of hydrogen-bond donors (Lipinski definition) is 1. The fraction of sp³-hybridized carbons (Fsp3) is 0.594. The molecule has 0 radical (unpaired) electrons. The molecule has 2 saturated carbocycles. The summed E-state index contributed by atoms with van der Waals surface area (Å²) in [6, 6.07) is 10.5. The number of alkyl halides is 3. The van der Waals surface area contributed by atoms with Gasteiger partial charge < -0.3 is 9.84 Å². The number of hydrogen-bond acceptors (Lipinski definition) is 3. The minimum Gasteiger partial charge on any atom is -0.487 e. The molecule has 39 heavy (non-hydrogen) atoms. The van der Waals surface area contributed by atoms with E-state index in [-0.39, 0.29) is 23.0 Å². The Balaban J connectivity index is 1.16. The monoisotopic (exact) mass is 541 g/mol. The van der Waals surface area contributed by atoms with Crippen molar-refractivity contribution in [2.75, 3.05) is 13.1 Å². The molecule has 210 valence electrons. The average molecular weight is 542 g/mol. The molecule has 3 atom stereocenters. The van der Waals surface area contributed by atoms with E-state index in [0.29, 0.717) is 11.5 Å². The summed E-state index contributed by atoms with van der Waals surface area (Å²) >= 11 is 0. The van der Waals surface area contributed by atoms with Crippen molar-refractivity contribution in [2.24, 2.45) is 17.3 Å². The van der Waals surface area contributed by atoms with Crippen molar-refractivity contribution in [1.82, 2.24) is 4.90 Å². The molecule has 3 fully saturated rings. The first-order valence-corrected chi connectivity index (χ1v) is 14.4. The summed E-state index contributed by atoms with van der Waals surface area (Å²) in [5.74, 6) is 0.148. The van der Waals surface area contributed by atoms with Gasteiger partial charge in [0.1, 0.15) is 11.4 Å². The van der Waals surface area contributed by atoms with Gasteiger partial charge in [0.25, 0.3) is 0 Å². The second-order valence-corrected chi connectivity index (χ2v) is 13.0. The number of benzene rings is 2. The lowest BCUT2D eigenvalue weighted by Gasteiger charge is -2.56. The maximum atomic E-state index is 13.8. The summed E-state index contributed by atoms with van der Waals surface area (Å²) in [5.41, 5.74) is 2.79. The number of carboxylic acid groups (broad SMARTS) is 1. The van der Waals surface area contributed by atoms with Gasteiger partial charge in [0.05, 0.1) is 11.5 Å². The molecule has 2 aromatic carbocycles. The molecule has 2 aliphatic heterocycles. The fourth-order valence-corrected chi connectivity index (χ4v) is 7.94. The van der Waals surface area contributed by atoms with E-state index in [1.54, 1.807) is 12.1 Å². The van der Waals surface area contributed by atoms with Gasteiger partial charge in [-0.05, 0) is 111 Å². The Hall–Kier alpha value is -2.54. The van der Waals surface area contributed by atoms with Crippen LogP contribution in [0.15, 0.2) is 36.4 Å². The first-order chi connectivity index (χ1) is 18.4. The van der Waals surface area contributed by atoms with Crippen molar-refractivity contribution in [2.45, 2.75) is 89.5 Å². The molecular weight excluding hydrogens is 503 g/mol. The van der Waals surface area contributed by atoms with Crippen LogP contribution in [-0.4, -0.2) is 34.7 Å². The Morgan fingerprint density at radius 2 is 1.85 bits per heavy atom. The first kappa shape index (κ1) is 26.7. The van der Waals surface area contributed by atoms with Crippen molar-refractivity contribution in [3.63, 3.8) is 0 Å². The maximum Gasteiger partial charge on any atom is 0.416 e. The van der Waals surface area contributed by atoms with E-state index in [1.165, 1.54) is 11.6 Å². The molecule has 2 heterocycles. The number of halogens is 3. The molecule has 0 aromatic heterocycles. The third-order valence-electron chi connectivity index (χ3n) is 10.1. The minimum absolute atomic E-state index is 0.00935. The van der Waals surface area contributed by atoms with Crippen molar-refractivity contribution >= 4 is 5.97 Å². The van der Waals surface area contributed by atoms with Crippen molar-refractivity contribution in [1.29, 1.82) is 0 Å². The number of aryl methyl sites for hydroxylation is 2. The van der Waals surface area contributed by atoms with Gasteiger partial charge in [-0.25, -0.2) is 0 Å². The average Bonchev–Trinajstić information content (AvgIpc) is 3.60. The zero-order chi connectivity index (χ0) is 27.7. The van der Waals surface area contributed by atoms with Crippen molar-refractivity contribution in [3.05, 3.63) is 64.2 Å². The second kappa shape index (κ2) is 9.25. The van der Waals surface area contributed by atoms with E-state index >= 15 is 0 Å². The molecule has 4 nitrogen and oxygen atoms in total. The van der Waals surface area contributed by atoms with Gasteiger partial charge in [0.15, 0.2) is 0 Å². The summed E-state index contributed by atoms with van der Waals surface area (Å²) < 4.78 is 48.0. The van der Waals surface area contributed by atoms with Crippen LogP contribution in [0.4, 0.5) is 13.2 Å². The zero-order valence-electron chi connectivity index (χ0n) is 23.0. The smallest absolute Gasteiger partial charge is 0.416 e. The highest BCUT2D eigenvalue weighted by molar-refractivity contribution is 5.71. The van der Waals surface area contributed by atoms with Crippen molar-refractivity contribution in [3.8, 4) is 5.75 Å². The van der Waals surface area contributed by atoms with E-state index in [1.807, 2.05) is 20.8 Å². The summed E-state index contributed by atoms with van der Waals surface area (Å²) in [5, 5.41) is 9.69. The highest BCUT2D eigenvalue weighted by atomic mass is 19.4. The van der Waals surface area contributed by atoms with Gasteiger partial charge in [0.2, 0.25) is 0 Å². The lowest BCUT2D eigenvalue weighted by Crippen LogP contribution is -2.58. The summed E-state index contributed by atoms with van der Waals surface area (Å²) in [7, 11) is 0. The number of likely N-dealkylation sites (tertiary alicyclic amines) is 1. The van der Waals surface area contributed by atoms with E-state index in [4.69, 9.17) is 4.74 Å². The number of carbonyl (C=O) groups is 1. The number of aliphatic carboxylic acids is 1. The molecule has 6 rings (SSSR count). The third kappa shape index (κ3) is 4.85. The van der Waals surface area contributed by atoms with Crippen LogP contribution in [0.2, 0.25) is 0 Å². The van der Waals surface area contributed by atoms with Crippen LogP contribution in [0.5, 0.6) is 5.75 Å². The molecule has 0 unspecified atom stereocenters. The first-order valence-electron chi connectivity index (χ1n) is 14.4. The number of ether oxygens (including phenoxy) is 1. The van der Waals surface area contributed by atoms with Gasteiger partial charge in [-0.1, -0.05) is 36.8 Å². The molecule has 0 amide bonds. The number of carboxylic acids is 1. The Morgan fingerprint density at radius 1 is 1.10 bits per heavy atom. The summed E-state index contributed by atoms with van der Waals surface area (Å²) in [6.07, 6.45) is 2.50. The van der Waals surface area contributed by atoms with E-state index < -0.39 is 23.6 Å². The summed E-state index contributed by atoms with van der Waals surface area (Å²) in [6.45, 7) is 7.14. The second-order valence-electron chi connectivity index (χ2n) is 13.0. The quantitative estimate of drug-likeness (QED) is 0.411.